The molecule has 2 rings (SSSR count). The Bertz CT molecular complexity index is 642. The number of anilines is 1. The Kier molecular flexibility index (Phi) is 6.01. The van der Waals surface area contributed by atoms with Crippen LogP contribution in [-0.2, 0) is 11.2 Å². The zero-order valence-electron chi connectivity index (χ0n) is 13.5. The number of amidine groups is 1. The Labute approximate surface area is 135 Å². The maximum absolute atomic E-state index is 11.7. The van der Waals surface area contributed by atoms with Gasteiger partial charge in [0.1, 0.15) is 5.84 Å². The number of aromatic carboxylic acids is 1. The van der Waals surface area contributed by atoms with Crippen LogP contribution in [0.15, 0.2) is 18.2 Å². The first kappa shape index (κ1) is 18.3. The van der Waals surface area contributed by atoms with Crippen LogP contribution >= 0.6 is 0 Å². The molecule has 7 heteroatoms. The number of hydrogen-bond donors (Lipinski definition) is 4. The first-order chi connectivity index (χ1) is 10.7. The summed E-state index contributed by atoms with van der Waals surface area (Å²) in [6.07, 6.45) is 1.58. The third kappa shape index (κ3) is 4.38. The number of rotatable bonds is 2. The lowest BCUT2D eigenvalue weighted by atomic mass is 9.87. The number of nitrogens with two attached hydrogens (primary N) is 1. The minimum absolute atomic E-state index is 0.00150. The molecule has 7 nitrogen and oxygen atoms in total. The second kappa shape index (κ2) is 7.53. The van der Waals surface area contributed by atoms with E-state index in [0.717, 1.165) is 23.9 Å². The van der Waals surface area contributed by atoms with E-state index in [-0.39, 0.29) is 23.3 Å². The second-order valence-electron chi connectivity index (χ2n) is 5.56. The van der Waals surface area contributed by atoms with Crippen molar-refractivity contribution in [3.8, 4) is 0 Å². The number of carboxylic acid groups (broad SMARTS) is 1. The number of hydrogen-bond acceptors (Lipinski definition) is 4. The lowest BCUT2D eigenvalue weighted by Gasteiger charge is -2.39. The summed E-state index contributed by atoms with van der Waals surface area (Å²) in [5.74, 6) is -0.813. The van der Waals surface area contributed by atoms with E-state index in [1.54, 1.807) is 30.0 Å². The Hall–Kier alpha value is -2.70. The molecule has 0 bridgehead atoms. The molecule has 0 fully saturated rings. The largest absolute Gasteiger partial charge is 0.478 e. The second-order valence-corrected chi connectivity index (χ2v) is 5.56. The van der Waals surface area contributed by atoms with Gasteiger partial charge in [0.05, 0.1) is 11.8 Å². The number of carbonyl (C=O) groups excluding carboxylic acids is 1. The van der Waals surface area contributed by atoms with Gasteiger partial charge in [0.2, 0.25) is 5.91 Å². The van der Waals surface area contributed by atoms with Gasteiger partial charge in [-0.3, -0.25) is 10.2 Å². The quantitative estimate of drug-likeness (QED) is 0.489. The van der Waals surface area contributed by atoms with Gasteiger partial charge in [-0.05, 0) is 43.0 Å². The number of benzene rings is 1. The first-order valence-electron chi connectivity index (χ1n) is 7.19. The molecule has 1 aliphatic rings. The number of nitrogens with zero attached hydrogens (tertiary/aromatic N) is 1. The highest BCUT2D eigenvalue weighted by Crippen LogP contribution is 2.34. The molecular weight excluding hydrogens is 296 g/mol. The fourth-order valence-corrected chi connectivity index (χ4v) is 2.56. The zero-order valence-corrected chi connectivity index (χ0v) is 13.5. The van der Waals surface area contributed by atoms with Crippen LogP contribution in [0.3, 0.4) is 0 Å². The topological polar surface area (TPSA) is 131 Å². The molecular formula is C16H22N4O3. The van der Waals surface area contributed by atoms with Crippen molar-refractivity contribution in [2.24, 2.45) is 11.7 Å². The van der Waals surface area contributed by atoms with Gasteiger partial charge in [-0.15, -0.1) is 0 Å². The van der Waals surface area contributed by atoms with E-state index in [1.165, 1.54) is 0 Å². The van der Waals surface area contributed by atoms with Gasteiger partial charge < -0.3 is 21.1 Å². The number of nitrogens with one attached hydrogen (secondary N) is 2. The summed E-state index contributed by atoms with van der Waals surface area (Å²) < 4.78 is 0. The predicted octanol–water partition coefficient (Wildman–Crippen LogP) is 1.89. The summed E-state index contributed by atoms with van der Waals surface area (Å²) in [6.45, 7) is 5.65. The van der Waals surface area contributed by atoms with E-state index in [2.05, 4.69) is 12.7 Å². The van der Waals surface area contributed by atoms with Crippen molar-refractivity contribution in [2.45, 2.75) is 33.2 Å². The van der Waals surface area contributed by atoms with E-state index >= 15 is 0 Å². The van der Waals surface area contributed by atoms with E-state index in [9.17, 15) is 9.59 Å². The van der Waals surface area contributed by atoms with Crippen LogP contribution in [0.1, 0.15) is 36.7 Å². The molecule has 1 aromatic carbocycles. The van der Waals surface area contributed by atoms with Crippen LogP contribution in [0.2, 0.25) is 0 Å². The van der Waals surface area contributed by atoms with Crippen molar-refractivity contribution in [1.29, 1.82) is 10.8 Å². The standard InChI is InChI=1S/C14H17NO3.C2H5N3/c1-8-6-12-7-11(14(17)18)4-5-13(12)15(9(8)2)10(3)16;3-1-2(4)5/h4-5,7-9H,6H2,1-3H3,(H,17,18);1,3H,(H3,4,5)/t8?,9-;/m0./s1. The lowest BCUT2D eigenvalue weighted by molar-refractivity contribution is -0.117. The average Bonchev–Trinajstić information content (AvgIpc) is 2.48. The third-order valence-corrected chi connectivity index (χ3v) is 3.85. The van der Waals surface area contributed by atoms with E-state index < -0.39 is 5.97 Å². The normalized spacial score (nSPS) is 19.0. The number of fused-ring (bicyclic) bond motifs is 1. The van der Waals surface area contributed by atoms with Crippen LogP contribution < -0.4 is 10.6 Å². The minimum atomic E-state index is -0.932. The van der Waals surface area contributed by atoms with Crippen molar-refractivity contribution >= 4 is 29.6 Å². The number of amides is 1. The Morgan fingerprint density at radius 2 is 1.96 bits per heavy atom. The van der Waals surface area contributed by atoms with Crippen molar-refractivity contribution in [3.05, 3.63) is 29.3 Å². The zero-order chi connectivity index (χ0) is 17.7. The van der Waals surface area contributed by atoms with E-state index in [4.69, 9.17) is 15.9 Å². The summed E-state index contributed by atoms with van der Waals surface area (Å²) in [5, 5.41) is 21.5. The van der Waals surface area contributed by atoms with E-state index in [1.807, 2.05) is 6.92 Å². The third-order valence-electron chi connectivity index (χ3n) is 3.85. The van der Waals surface area contributed by atoms with Gasteiger partial charge in [0.25, 0.3) is 0 Å². The van der Waals surface area contributed by atoms with Gasteiger partial charge >= 0.3 is 5.97 Å². The van der Waals surface area contributed by atoms with Crippen LogP contribution in [0.25, 0.3) is 0 Å². The molecule has 0 radical (unpaired) electrons. The summed E-state index contributed by atoms with van der Waals surface area (Å²) in [7, 11) is 0. The van der Waals surface area contributed by atoms with Crippen molar-refractivity contribution in [2.75, 3.05) is 4.90 Å². The van der Waals surface area contributed by atoms with Crippen molar-refractivity contribution < 1.29 is 14.7 Å². The fourth-order valence-electron chi connectivity index (χ4n) is 2.56. The highest BCUT2D eigenvalue weighted by atomic mass is 16.4. The molecule has 1 heterocycles. The minimum Gasteiger partial charge on any atom is -0.478 e. The molecule has 0 aromatic heterocycles. The van der Waals surface area contributed by atoms with E-state index in [0.29, 0.717) is 5.92 Å². The molecule has 0 saturated heterocycles. The molecule has 23 heavy (non-hydrogen) atoms. The van der Waals surface area contributed by atoms with Gasteiger partial charge in [-0.1, -0.05) is 6.92 Å². The molecule has 1 aliphatic heterocycles. The lowest BCUT2D eigenvalue weighted by Crippen LogP contribution is -2.45. The summed E-state index contributed by atoms with van der Waals surface area (Å²) in [6, 6.07) is 5.11. The monoisotopic (exact) mass is 318 g/mol. The van der Waals surface area contributed by atoms with Crippen LogP contribution in [-0.4, -0.2) is 35.1 Å². The maximum Gasteiger partial charge on any atom is 0.335 e. The summed E-state index contributed by atoms with van der Waals surface area (Å²) >= 11 is 0. The Balaban J connectivity index is 0.000000463. The molecule has 124 valence electrons. The van der Waals surface area contributed by atoms with Gasteiger partial charge in [0, 0.05) is 18.7 Å². The Morgan fingerprint density at radius 3 is 2.39 bits per heavy atom. The maximum atomic E-state index is 11.7. The molecule has 0 aliphatic carbocycles. The summed E-state index contributed by atoms with van der Waals surface area (Å²) in [5.41, 5.74) is 6.69. The highest BCUT2D eigenvalue weighted by Gasteiger charge is 2.31. The number of carboxylic acids is 1. The van der Waals surface area contributed by atoms with Gasteiger partial charge in [0.15, 0.2) is 0 Å². The summed E-state index contributed by atoms with van der Waals surface area (Å²) in [4.78, 5) is 24.5. The van der Waals surface area contributed by atoms with Crippen molar-refractivity contribution in [3.63, 3.8) is 0 Å². The van der Waals surface area contributed by atoms with Gasteiger partial charge in [-0.25, -0.2) is 4.79 Å². The molecule has 1 aromatic rings. The Morgan fingerprint density at radius 1 is 1.39 bits per heavy atom. The van der Waals surface area contributed by atoms with Gasteiger partial charge in [-0.2, -0.15) is 0 Å². The molecule has 5 N–H and O–H groups in total. The molecule has 0 spiro atoms. The first-order valence-corrected chi connectivity index (χ1v) is 7.19. The predicted molar refractivity (Wildman–Crippen MR) is 89.6 cm³/mol. The molecule has 1 unspecified atom stereocenters. The average molecular weight is 318 g/mol. The number of carbonyl (C=O) groups is 2. The van der Waals surface area contributed by atoms with Crippen LogP contribution in [0.4, 0.5) is 5.69 Å². The molecule has 2 atom stereocenters. The highest BCUT2D eigenvalue weighted by molar-refractivity contribution is 6.25. The molecule has 1 amide bonds. The van der Waals surface area contributed by atoms with Crippen LogP contribution in [0, 0.1) is 16.7 Å². The smallest absolute Gasteiger partial charge is 0.335 e. The molecule has 0 saturated carbocycles. The van der Waals surface area contributed by atoms with Crippen molar-refractivity contribution in [1.82, 2.24) is 0 Å². The SMILES string of the molecule is CC(=O)N1c2ccc(C(=O)O)cc2CC(C)[C@@H]1C.N=CC(=N)N. The fraction of sp³-hybridized carbons (Fsp3) is 0.375. The van der Waals surface area contributed by atoms with Crippen LogP contribution in [0.5, 0.6) is 0 Å².